The number of ether oxygens (including phenoxy) is 1. The van der Waals surface area contributed by atoms with Crippen molar-refractivity contribution < 1.29 is 13.2 Å². The predicted octanol–water partition coefficient (Wildman–Crippen LogP) is 2.08. The van der Waals surface area contributed by atoms with E-state index in [4.69, 9.17) is 4.74 Å². The van der Waals surface area contributed by atoms with E-state index in [0.717, 1.165) is 32.4 Å². The van der Waals surface area contributed by atoms with Crippen LogP contribution in [0.15, 0.2) is 0 Å². The number of methoxy groups -OCH3 is 1. The van der Waals surface area contributed by atoms with Crippen molar-refractivity contribution in [2.75, 3.05) is 45.6 Å². The maximum atomic E-state index is 12.5. The van der Waals surface area contributed by atoms with Gasteiger partial charge in [0.05, 0.1) is 5.75 Å². The summed E-state index contributed by atoms with van der Waals surface area (Å²) in [5.41, 5.74) is 0. The molecule has 2 saturated heterocycles. The quantitative estimate of drug-likeness (QED) is 0.670. The lowest BCUT2D eigenvalue weighted by Crippen LogP contribution is -2.50. The lowest BCUT2D eigenvalue weighted by atomic mass is 10.1. The fraction of sp³-hybridized carbons (Fsp3) is 1.00. The molecule has 2 heterocycles. The summed E-state index contributed by atoms with van der Waals surface area (Å²) in [6.07, 6.45) is 8.84. The van der Waals surface area contributed by atoms with Crippen LogP contribution >= 0.6 is 0 Å². The number of sulfonamides is 1. The van der Waals surface area contributed by atoms with E-state index in [9.17, 15) is 8.42 Å². The Labute approximate surface area is 136 Å². The maximum absolute atomic E-state index is 12.5. The van der Waals surface area contributed by atoms with E-state index >= 15 is 0 Å². The van der Waals surface area contributed by atoms with E-state index in [1.165, 1.54) is 25.7 Å². The molecule has 0 N–H and O–H groups in total. The summed E-state index contributed by atoms with van der Waals surface area (Å²) in [7, 11) is -1.44. The van der Waals surface area contributed by atoms with E-state index in [1.807, 2.05) is 0 Å². The molecular formula is C16H32N2O3S. The highest BCUT2D eigenvalue weighted by atomic mass is 32.2. The Hall–Kier alpha value is -0.170. The predicted molar refractivity (Wildman–Crippen MR) is 89.5 cm³/mol. The van der Waals surface area contributed by atoms with E-state index < -0.39 is 10.0 Å². The molecule has 130 valence electrons. The monoisotopic (exact) mass is 332 g/mol. The number of likely N-dealkylation sites (tertiary alicyclic amines) is 1. The highest BCUT2D eigenvalue weighted by Crippen LogP contribution is 2.22. The first-order valence-electron chi connectivity index (χ1n) is 8.84. The van der Waals surface area contributed by atoms with Gasteiger partial charge in [-0.25, -0.2) is 12.7 Å². The summed E-state index contributed by atoms with van der Waals surface area (Å²) in [6, 6.07) is 0.431. The number of unbranched alkanes of at least 4 members (excludes halogenated alkanes) is 1. The van der Waals surface area contributed by atoms with Gasteiger partial charge in [0.25, 0.3) is 0 Å². The van der Waals surface area contributed by atoms with Gasteiger partial charge in [-0.3, -0.25) is 4.90 Å². The first-order chi connectivity index (χ1) is 10.6. The number of hydrogen-bond donors (Lipinski definition) is 0. The Bertz CT molecular complexity index is 406. The van der Waals surface area contributed by atoms with Crippen molar-refractivity contribution in [2.24, 2.45) is 0 Å². The highest BCUT2D eigenvalue weighted by molar-refractivity contribution is 7.89. The third kappa shape index (κ3) is 5.48. The second kappa shape index (κ2) is 9.21. The standard InChI is InChI=1S/C16H32N2O3S/c1-21-13-6-7-14-22(19,20)18-12-8-9-16(15-18)17-10-4-2-3-5-11-17/h16H,2-15H2,1H3/t16-/m1/s1. The topological polar surface area (TPSA) is 49.9 Å². The molecule has 0 amide bonds. The zero-order chi connectivity index (χ0) is 15.8. The van der Waals surface area contributed by atoms with Crippen LogP contribution in [0.2, 0.25) is 0 Å². The van der Waals surface area contributed by atoms with E-state index in [1.54, 1.807) is 11.4 Å². The molecule has 22 heavy (non-hydrogen) atoms. The maximum Gasteiger partial charge on any atom is 0.214 e. The average Bonchev–Trinajstić information content (AvgIpc) is 2.81. The van der Waals surface area contributed by atoms with Gasteiger partial charge in [-0.15, -0.1) is 0 Å². The molecule has 0 bridgehead atoms. The van der Waals surface area contributed by atoms with Gasteiger partial charge in [0.15, 0.2) is 0 Å². The van der Waals surface area contributed by atoms with E-state index in [-0.39, 0.29) is 5.75 Å². The van der Waals surface area contributed by atoms with Crippen LogP contribution in [0.25, 0.3) is 0 Å². The zero-order valence-corrected chi connectivity index (χ0v) is 14.8. The first kappa shape index (κ1) is 18.2. The van der Waals surface area contributed by atoms with Crippen molar-refractivity contribution in [3.05, 3.63) is 0 Å². The van der Waals surface area contributed by atoms with Crippen molar-refractivity contribution in [3.8, 4) is 0 Å². The van der Waals surface area contributed by atoms with Gasteiger partial charge in [-0.05, 0) is 51.6 Å². The van der Waals surface area contributed by atoms with Crippen LogP contribution in [-0.2, 0) is 14.8 Å². The van der Waals surface area contributed by atoms with E-state index in [0.29, 0.717) is 32.2 Å². The second-order valence-electron chi connectivity index (χ2n) is 6.62. The third-order valence-corrected chi connectivity index (χ3v) is 6.83. The first-order valence-corrected chi connectivity index (χ1v) is 10.5. The minimum atomic E-state index is -3.09. The van der Waals surface area contributed by atoms with Gasteiger partial charge in [0.1, 0.15) is 0 Å². The van der Waals surface area contributed by atoms with Gasteiger partial charge in [0.2, 0.25) is 10.0 Å². The van der Waals surface area contributed by atoms with Crippen LogP contribution in [0.5, 0.6) is 0 Å². The minimum absolute atomic E-state index is 0.267. The van der Waals surface area contributed by atoms with Crippen molar-refractivity contribution in [2.45, 2.75) is 57.4 Å². The van der Waals surface area contributed by atoms with Gasteiger partial charge >= 0.3 is 0 Å². The second-order valence-corrected chi connectivity index (χ2v) is 8.71. The molecule has 0 aromatic heterocycles. The fourth-order valence-electron chi connectivity index (χ4n) is 3.59. The molecule has 0 spiro atoms. The normalized spacial score (nSPS) is 26.0. The molecule has 0 radical (unpaired) electrons. The molecule has 2 fully saturated rings. The Morgan fingerprint density at radius 1 is 1.00 bits per heavy atom. The summed E-state index contributed by atoms with van der Waals surface area (Å²) >= 11 is 0. The third-order valence-electron chi connectivity index (χ3n) is 4.91. The summed E-state index contributed by atoms with van der Waals surface area (Å²) < 4.78 is 31.8. The van der Waals surface area contributed by atoms with Crippen LogP contribution in [0.4, 0.5) is 0 Å². The average molecular weight is 333 g/mol. The van der Waals surface area contributed by atoms with Crippen molar-refractivity contribution in [3.63, 3.8) is 0 Å². The molecule has 0 aromatic carbocycles. The van der Waals surface area contributed by atoms with Crippen molar-refractivity contribution in [1.29, 1.82) is 0 Å². The zero-order valence-electron chi connectivity index (χ0n) is 14.0. The van der Waals surface area contributed by atoms with Crippen LogP contribution in [-0.4, -0.2) is 69.3 Å². The van der Waals surface area contributed by atoms with Crippen LogP contribution in [0.3, 0.4) is 0 Å². The highest BCUT2D eigenvalue weighted by Gasteiger charge is 2.31. The molecule has 1 atom stereocenters. The molecule has 0 unspecified atom stereocenters. The summed E-state index contributed by atoms with van der Waals surface area (Å²) in [5, 5.41) is 0. The molecule has 2 aliphatic rings. The van der Waals surface area contributed by atoms with Crippen LogP contribution < -0.4 is 0 Å². The summed E-state index contributed by atoms with van der Waals surface area (Å²) in [6.45, 7) is 4.34. The Morgan fingerprint density at radius 3 is 2.41 bits per heavy atom. The molecule has 0 aromatic rings. The Balaban J connectivity index is 1.85. The summed E-state index contributed by atoms with van der Waals surface area (Å²) in [5.74, 6) is 0.267. The minimum Gasteiger partial charge on any atom is -0.385 e. The molecule has 2 rings (SSSR count). The number of nitrogens with zero attached hydrogens (tertiary/aromatic N) is 2. The summed E-state index contributed by atoms with van der Waals surface area (Å²) in [4.78, 5) is 2.54. The van der Waals surface area contributed by atoms with Crippen LogP contribution in [0, 0.1) is 0 Å². The molecule has 5 nitrogen and oxygen atoms in total. The molecule has 0 saturated carbocycles. The number of piperidine rings is 1. The molecule has 0 aliphatic carbocycles. The Kier molecular flexibility index (Phi) is 7.60. The lowest BCUT2D eigenvalue weighted by molar-refractivity contribution is 0.139. The largest absolute Gasteiger partial charge is 0.385 e. The van der Waals surface area contributed by atoms with E-state index in [2.05, 4.69) is 4.90 Å². The lowest BCUT2D eigenvalue weighted by Gasteiger charge is -2.38. The van der Waals surface area contributed by atoms with Gasteiger partial charge in [-0.2, -0.15) is 0 Å². The smallest absolute Gasteiger partial charge is 0.214 e. The van der Waals surface area contributed by atoms with Crippen molar-refractivity contribution >= 4 is 10.0 Å². The molecular weight excluding hydrogens is 300 g/mol. The number of rotatable bonds is 7. The number of hydrogen-bond acceptors (Lipinski definition) is 4. The SMILES string of the molecule is COCCCCS(=O)(=O)N1CCC[C@@H](N2CCCCCC2)C1. The van der Waals surface area contributed by atoms with Gasteiger partial charge in [0, 0.05) is 32.8 Å². The van der Waals surface area contributed by atoms with Gasteiger partial charge in [-0.1, -0.05) is 12.8 Å². The molecule has 6 heteroatoms. The fourth-order valence-corrected chi connectivity index (χ4v) is 5.23. The Morgan fingerprint density at radius 2 is 1.73 bits per heavy atom. The van der Waals surface area contributed by atoms with Crippen LogP contribution in [0.1, 0.15) is 51.4 Å². The van der Waals surface area contributed by atoms with Gasteiger partial charge < -0.3 is 4.74 Å². The molecule has 2 aliphatic heterocycles. The van der Waals surface area contributed by atoms with Crippen molar-refractivity contribution in [1.82, 2.24) is 9.21 Å².